The molecule has 2 aliphatic rings. The highest BCUT2D eigenvalue weighted by Crippen LogP contribution is 2.37. The Hall–Kier alpha value is -2.51. The monoisotopic (exact) mass is 299 g/mol. The third-order valence-electron chi connectivity index (χ3n) is 3.97. The Morgan fingerprint density at radius 1 is 1.27 bits per heavy atom. The van der Waals surface area contributed by atoms with Crippen molar-refractivity contribution in [3.63, 3.8) is 0 Å². The molecule has 1 aliphatic carbocycles. The third kappa shape index (κ3) is 2.63. The van der Waals surface area contributed by atoms with Crippen molar-refractivity contribution in [2.24, 2.45) is 0 Å². The first-order chi connectivity index (χ1) is 10.8. The van der Waals surface area contributed by atoms with Gasteiger partial charge in [-0.25, -0.2) is 14.8 Å². The minimum Gasteiger partial charge on any atom is -0.331 e. The molecule has 1 aliphatic heterocycles. The third-order valence-corrected chi connectivity index (χ3v) is 3.97. The van der Waals surface area contributed by atoms with Crippen molar-refractivity contribution < 1.29 is 4.79 Å². The fourth-order valence-corrected chi connectivity index (χ4v) is 2.63. The van der Waals surface area contributed by atoms with Crippen molar-refractivity contribution in [2.45, 2.75) is 44.7 Å². The summed E-state index contributed by atoms with van der Waals surface area (Å²) in [6.07, 6.45) is 7.68. The van der Waals surface area contributed by atoms with E-state index in [-0.39, 0.29) is 6.03 Å². The van der Waals surface area contributed by atoms with Crippen molar-refractivity contribution in [1.29, 1.82) is 0 Å². The molecule has 8 nitrogen and oxygen atoms in total. The van der Waals surface area contributed by atoms with Gasteiger partial charge in [-0.3, -0.25) is 0 Å². The number of hydrogen-bond acceptors (Lipinski definition) is 5. The van der Waals surface area contributed by atoms with Crippen molar-refractivity contribution in [3.05, 3.63) is 29.9 Å². The van der Waals surface area contributed by atoms with Crippen molar-refractivity contribution in [2.75, 3.05) is 5.32 Å². The highest BCUT2D eigenvalue weighted by Gasteiger charge is 2.26. The van der Waals surface area contributed by atoms with E-state index in [1.165, 1.54) is 0 Å². The Labute approximate surface area is 127 Å². The number of urea groups is 1. The van der Waals surface area contributed by atoms with Crippen molar-refractivity contribution in [3.8, 4) is 0 Å². The highest BCUT2D eigenvalue weighted by atomic mass is 16.2. The van der Waals surface area contributed by atoms with Gasteiger partial charge in [0.25, 0.3) is 0 Å². The fraction of sp³-hybridized carbons (Fsp3) is 0.500. The number of amides is 2. The molecule has 2 aromatic rings. The lowest BCUT2D eigenvalue weighted by Gasteiger charge is -2.07. The number of nitrogens with zero attached hydrogens (tertiary/aromatic N) is 5. The Balaban J connectivity index is 1.32. The predicted octanol–water partition coefficient (Wildman–Crippen LogP) is 1.21. The quantitative estimate of drug-likeness (QED) is 0.884. The maximum atomic E-state index is 11.9. The lowest BCUT2D eigenvalue weighted by molar-refractivity contribution is 0.251. The molecule has 0 unspecified atom stereocenters. The molecule has 2 aromatic heterocycles. The lowest BCUT2D eigenvalue weighted by atomic mass is 10.4. The Morgan fingerprint density at radius 3 is 2.86 bits per heavy atom. The molecule has 0 spiro atoms. The van der Waals surface area contributed by atoms with Gasteiger partial charge in [-0.05, 0) is 19.3 Å². The molecular weight excluding hydrogens is 282 g/mol. The summed E-state index contributed by atoms with van der Waals surface area (Å²) >= 11 is 0. The minimum atomic E-state index is -0.293. The van der Waals surface area contributed by atoms with Crippen LogP contribution in [0.2, 0.25) is 0 Å². The second kappa shape index (κ2) is 5.36. The zero-order valence-electron chi connectivity index (χ0n) is 12.1. The molecule has 0 atom stereocenters. The number of carbonyl (C=O) groups excluding carboxylic acids is 1. The summed E-state index contributed by atoms with van der Waals surface area (Å²) in [6.45, 7) is 1.29. The molecule has 1 saturated carbocycles. The molecule has 2 N–H and O–H groups in total. The molecule has 4 rings (SSSR count). The van der Waals surface area contributed by atoms with E-state index in [1.807, 2.05) is 0 Å². The number of nitrogens with one attached hydrogen (secondary N) is 2. The molecule has 0 bridgehead atoms. The van der Waals surface area contributed by atoms with Gasteiger partial charge in [-0.15, -0.1) is 10.2 Å². The summed E-state index contributed by atoms with van der Waals surface area (Å²) in [6, 6.07) is -0.293. The fourth-order valence-electron chi connectivity index (χ4n) is 2.63. The van der Waals surface area contributed by atoms with Crippen LogP contribution in [-0.2, 0) is 19.5 Å². The SMILES string of the molecule is O=C(NCc1nnc2n1CCC2)Nc1cnc(C2CC2)nc1. The smallest absolute Gasteiger partial charge is 0.319 e. The minimum absolute atomic E-state index is 0.293. The van der Waals surface area contributed by atoms with Gasteiger partial charge in [0.1, 0.15) is 11.6 Å². The van der Waals surface area contributed by atoms with Gasteiger partial charge in [-0.2, -0.15) is 0 Å². The largest absolute Gasteiger partial charge is 0.331 e. The first-order valence-corrected chi connectivity index (χ1v) is 7.57. The summed E-state index contributed by atoms with van der Waals surface area (Å²) in [7, 11) is 0. The Morgan fingerprint density at radius 2 is 2.09 bits per heavy atom. The molecule has 2 amide bonds. The molecule has 3 heterocycles. The van der Waals surface area contributed by atoms with Crippen LogP contribution in [0.15, 0.2) is 12.4 Å². The van der Waals surface area contributed by atoms with Crippen LogP contribution in [-0.4, -0.2) is 30.8 Å². The molecule has 8 heteroatoms. The van der Waals surface area contributed by atoms with Crippen LogP contribution in [0.4, 0.5) is 10.5 Å². The summed E-state index contributed by atoms with van der Waals surface area (Å²) in [5, 5.41) is 13.7. The zero-order chi connectivity index (χ0) is 14.9. The van der Waals surface area contributed by atoms with E-state index >= 15 is 0 Å². The normalized spacial score (nSPS) is 16.4. The number of anilines is 1. The van der Waals surface area contributed by atoms with Crippen LogP contribution in [0.5, 0.6) is 0 Å². The van der Waals surface area contributed by atoms with Gasteiger partial charge in [0.2, 0.25) is 0 Å². The molecule has 114 valence electrons. The van der Waals surface area contributed by atoms with Gasteiger partial charge < -0.3 is 15.2 Å². The van der Waals surface area contributed by atoms with E-state index in [0.29, 0.717) is 18.2 Å². The molecule has 0 saturated heterocycles. The maximum Gasteiger partial charge on any atom is 0.319 e. The number of carbonyl (C=O) groups is 1. The number of aryl methyl sites for hydroxylation is 1. The van der Waals surface area contributed by atoms with E-state index in [2.05, 4.69) is 35.4 Å². The van der Waals surface area contributed by atoms with Crippen LogP contribution in [0.1, 0.15) is 42.7 Å². The van der Waals surface area contributed by atoms with Gasteiger partial charge in [0.15, 0.2) is 5.82 Å². The van der Waals surface area contributed by atoms with Gasteiger partial charge >= 0.3 is 6.03 Å². The molecule has 1 fully saturated rings. The number of rotatable bonds is 4. The van der Waals surface area contributed by atoms with E-state index in [0.717, 1.165) is 49.7 Å². The van der Waals surface area contributed by atoms with Crippen LogP contribution >= 0.6 is 0 Å². The summed E-state index contributed by atoms with van der Waals surface area (Å²) < 4.78 is 2.06. The first kappa shape index (κ1) is 13.2. The molecular formula is C14H17N7O. The van der Waals surface area contributed by atoms with Gasteiger partial charge in [0, 0.05) is 18.9 Å². The topological polar surface area (TPSA) is 97.6 Å². The average Bonchev–Trinajstić information content (AvgIpc) is 3.14. The van der Waals surface area contributed by atoms with E-state index in [1.54, 1.807) is 12.4 Å². The first-order valence-electron chi connectivity index (χ1n) is 7.57. The van der Waals surface area contributed by atoms with Crippen molar-refractivity contribution >= 4 is 11.7 Å². The van der Waals surface area contributed by atoms with Gasteiger partial charge in [-0.1, -0.05) is 0 Å². The summed E-state index contributed by atoms with van der Waals surface area (Å²) in [5.74, 6) is 3.17. The van der Waals surface area contributed by atoms with Gasteiger partial charge in [0.05, 0.1) is 24.6 Å². The molecule has 0 radical (unpaired) electrons. The van der Waals surface area contributed by atoms with Crippen LogP contribution < -0.4 is 10.6 Å². The highest BCUT2D eigenvalue weighted by molar-refractivity contribution is 5.88. The molecule has 22 heavy (non-hydrogen) atoms. The lowest BCUT2D eigenvalue weighted by Crippen LogP contribution is -2.29. The second-order valence-electron chi connectivity index (χ2n) is 5.70. The van der Waals surface area contributed by atoms with E-state index < -0.39 is 0 Å². The second-order valence-corrected chi connectivity index (χ2v) is 5.70. The predicted molar refractivity (Wildman–Crippen MR) is 78.2 cm³/mol. The van der Waals surface area contributed by atoms with Crippen LogP contribution in [0.25, 0.3) is 0 Å². The standard InChI is InChI=1S/C14H17N7O/c22-14(17-8-12-20-19-11-2-1-5-21(11)12)18-10-6-15-13(16-7-10)9-3-4-9/h6-7,9H,1-5,8H2,(H2,17,18,22). The van der Waals surface area contributed by atoms with E-state index in [9.17, 15) is 4.79 Å². The van der Waals surface area contributed by atoms with E-state index in [4.69, 9.17) is 0 Å². The number of aromatic nitrogens is 5. The van der Waals surface area contributed by atoms with Crippen LogP contribution in [0.3, 0.4) is 0 Å². The Bertz CT molecular complexity index is 690. The average molecular weight is 299 g/mol. The van der Waals surface area contributed by atoms with Crippen LogP contribution in [0, 0.1) is 0 Å². The molecule has 0 aromatic carbocycles. The summed E-state index contributed by atoms with van der Waals surface area (Å²) in [4.78, 5) is 20.4. The Kier molecular flexibility index (Phi) is 3.21. The number of fused-ring (bicyclic) bond motifs is 1. The maximum absolute atomic E-state index is 11.9. The zero-order valence-corrected chi connectivity index (χ0v) is 12.1. The van der Waals surface area contributed by atoms with Crippen molar-refractivity contribution in [1.82, 2.24) is 30.0 Å². The number of hydrogen-bond donors (Lipinski definition) is 2. The summed E-state index contributed by atoms with van der Waals surface area (Å²) in [5.41, 5.74) is 0.591.